The zero-order valence-electron chi connectivity index (χ0n) is 13.7. The predicted octanol–water partition coefficient (Wildman–Crippen LogP) is 4.27. The number of nitrogens with one attached hydrogen (secondary N) is 2. The molecule has 124 valence electrons. The number of thiophene rings is 1. The first kappa shape index (κ1) is 16.7. The van der Waals surface area contributed by atoms with E-state index >= 15 is 0 Å². The highest BCUT2D eigenvalue weighted by atomic mass is 32.2. The van der Waals surface area contributed by atoms with Gasteiger partial charge in [-0.05, 0) is 43.3 Å². The molecule has 2 aromatic heterocycles. The molecule has 0 unspecified atom stereocenters. The van der Waals surface area contributed by atoms with Crippen molar-refractivity contribution in [3.05, 3.63) is 46.8 Å². The van der Waals surface area contributed by atoms with E-state index in [2.05, 4.69) is 20.5 Å². The second-order valence-electron chi connectivity index (χ2n) is 5.46. The quantitative estimate of drug-likeness (QED) is 0.668. The van der Waals surface area contributed by atoms with Crippen LogP contribution in [0.25, 0.3) is 10.7 Å². The molecule has 0 radical (unpaired) electrons. The number of carbonyl (C=O) groups is 1. The molecule has 1 atom stereocenters. The largest absolute Gasteiger partial charge is 0.325 e. The Morgan fingerprint density at radius 1 is 1.25 bits per heavy atom. The van der Waals surface area contributed by atoms with Crippen LogP contribution in [0.5, 0.6) is 0 Å². The van der Waals surface area contributed by atoms with Gasteiger partial charge in [0.2, 0.25) is 11.1 Å². The number of para-hydroxylation sites is 1. The van der Waals surface area contributed by atoms with Crippen LogP contribution < -0.4 is 5.32 Å². The number of hydrogen-bond donors (Lipinski definition) is 2. The maximum Gasteiger partial charge on any atom is 0.237 e. The van der Waals surface area contributed by atoms with Crippen LogP contribution in [0.2, 0.25) is 0 Å². The normalized spacial score (nSPS) is 12.1. The van der Waals surface area contributed by atoms with Gasteiger partial charge in [-0.25, -0.2) is 4.98 Å². The number of amides is 1. The van der Waals surface area contributed by atoms with Gasteiger partial charge in [0, 0.05) is 5.69 Å². The first-order chi connectivity index (χ1) is 11.5. The Hall–Kier alpha value is -2.12. The second-order valence-corrected chi connectivity index (χ2v) is 7.72. The molecule has 0 bridgehead atoms. The molecule has 3 aromatic rings. The summed E-state index contributed by atoms with van der Waals surface area (Å²) in [4.78, 5) is 17.9. The molecular formula is C17H18N4OS2. The number of benzene rings is 1. The fraction of sp³-hybridized carbons (Fsp3) is 0.235. The highest BCUT2D eigenvalue weighted by molar-refractivity contribution is 8.00. The van der Waals surface area contributed by atoms with E-state index in [9.17, 15) is 4.79 Å². The molecule has 3 rings (SSSR count). The summed E-state index contributed by atoms with van der Waals surface area (Å²) in [7, 11) is 0. The zero-order chi connectivity index (χ0) is 17.1. The fourth-order valence-electron chi connectivity index (χ4n) is 2.27. The number of thioether (sulfide) groups is 1. The summed E-state index contributed by atoms with van der Waals surface area (Å²) in [6.07, 6.45) is 0. The van der Waals surface area contributed by atoms with Crippen molar-refractivity contribution in [2.75, 3.05) is 5.32 Å². The van der Waals surface area contributed by atoms with Crippen LogP contribution in [0.4, 0.5) is 5.69 Å². The summed E-state index contributed by atoms with van der Waals surface area (Å²) in [5, 5.41) is 12.4. The Bertz CT molecular complexity index is 822. The molecule has 0 aliphatic carbocycles. The minimum absolute atomic E-state index is 0.0557. The molecular weight excluding hydrogens is 340 g/mol. The molecule has 0 saturated carbocycles. The van der Waals surface area contributed by atoms with Crippen molar-refractivity contribution >= 4 is 34.7 Å². The summed E-state index contributed by atoms with van der Waals surface area (Å²) in [6.45, 7) is 5.83. The molecule has 2 heterocycles. The lowest BCUT2D eigenvalue weighted by atomic mass is 10.1. The molecule has 0 spiro atoms. The number of nitrogens with zero attached hydrogens (tertiary/aromatic N) is 2. The van der Waals surface area contributed by atoms with Crippen molar-refractivity contribution in [2.24, 2.45) is 0 Å². The predicted molar refractivity (Wildman–Crippen MR) is 99.6 cm³/mol. The van der Waals surface area contributed by atoms with E-state index in [1.165, 1.54) is 11.8 Å². The van der Waals surface area contributed by atoms with E-state index in [0.29, 0.717) is 5.16 Å². The van der Waals surface area contributed by atoms with E-state index < -0.39 is 0 Å². The van der Waals surface area contributed by atoms with Crippen LogP contribution in [0.1, 0.15) is 18.1 Å². The standard InChI is InChI=1S/C17H18N4OS2/c1-10-6-4-7-11(2)14(10)18-16(22)12(3)24-17-19-15(20-21-17)13-8-5-9-23-13/h4-9,12H,1-3H3,(H,18,22)(H,19,20,21)/t12-/m1/s1. The lowest BCUT2D eigenvalue weighted by Crippen LogP contribution is -2.23. The Kier molecular flexibility index (Phi) is 5.01. The van der Waals surface area contributed by atoms with Gasteiger partial charge in [-0.15, -0.1) is 16.4 Å². The topological polar surface area (TPSA) is 70.7 Å². The van der Waals surface area contributed by atoms with E-state index in [4.69, 9.17) is 0 Å². The summed E-state index contributed by atoms with van der Waals surface area (Å²) in [6, 6.07) is 9.91. The number of carbonyl (C=O) groups excluding carboxylic acids is 1. The molecule has 24 heavy (non-hydrogen) atoms. The molecule has 2 N–H and O–H groups in total. The van der Waals surface area contributed by atoms with Crippen molar-refractivity contribution in [3.8, 4) is 10.7 Å². The Morgan fingerprint density at radius 3 is 2.67 bits per heavy atom. The number of hydrogen-bond acceptors (Lipinski definition) is 5. The van der Waals surface area contributed by atoms with Gasteiger partial charge in [-0.2, -0.15) is 0 Å². The van der Waals surface area contributed by atoms with Crippen LogP contribution in [0.15, 0.2) is 40.9 Å². The number of rotatable bonds is 5. The molecule has 0 fully saturated rings. The summed E-state index contributed by atoms with van der Waals surface area (Å²) in [5.41, 5.74) is 2.99. The molecule has 0 aliphatic rings. The van der Waals surface area contributed by atoms with Gasteiger partial charge < -0.3 is 5.32 Å². The molecule has 0 aliphatic heterocycles. The minimum atomic E-state index is -0.295. The van der Waals surface area contributed by atoms with Crippen molar-refractivity contribution in [1.29, 1.82) is 0 Å². The fourth-order valence-corrected chi connectivity index (χ4v) is 3.66. The van der Waals surface area contributed by atoms with E-state index in [1.54, 1.807) is 11.3 Å². The van der Waals surface area contributed by atoms with Crippen molar-refractivity contribution < 1.29 is 4.79 Å². The van der Waals surface area contributed by atoms with Crippen molar-refractivity contribution in [3.63, 3.8) is 0 Å². The monoisotopic (exact) mass is 358 g/mol. The summed E-state index contributed by atoms with van der Waals surface area (Å²) < 4.78 is 0. The zero-order valence-corrected chi connectivity index (χ0v) is 15.3. The maximum atomic E-state index is 12.5. The number of anilines is 1. The molecule has 0 saturated heterocycles. The van der Waals surface area contributed by atoms with Gasteiger partial charge in [0.05, 0.1) is 10.1 Å². The van der Waals surface area contributed by atoms with E-state index in [1.807, 2.05) is 56.5 Å². The first-order valence-electron chi connectivity index (χ1n) is 7.54. The SMILES string of the molecule is Cc1cccc(C)c1NC(=O)[C@@H](C)Sc1n[nH]c(-c2cccs2)n1. The lowest BCUT2D eigenvalue weighted by molar-refractivity contribution is -0.115. The molecule has 7 heteroatoms. The third kappa shape index (κ3) is 3.68. The van der Waals surface area contributed by atoms with E-state index in [-0.39, 0.29) is 11.2 Å². The molecule has 5 nitrogen and oxygen atoms in total. The highest BCUT2D eigenvalue weighted by Gasteiger charge is 2.19. The molecule has 1 amide bonds. The first-order valence-corrected chi connectivity index (χ1v) is 9.30. The van der Waals surface area contributed by atoms with Crippen LogP contribution in [-0.2, 0) is 4.79 Å². The molecule has 1 aromatic carbocycles. The third-order valence-corrected chi connectivity index (χ3v) is 5.44. The van der Waals surface area contributed by atoms with E-state index in [0.717, 1.165) is 27.5 Å². The van der Waals surface area contributed by atoms with Crippen molar-refractivity contribution in [1.82, 2.24) is 15.2 Å². The van der Waals surface area contributed by atoms with Gasteiger partial charge in [0.1, 0.15) is 0 Å². The van der Waals surface area contributed by atoms with Crippen molar-refractivity contribution in [2.45, 2.75) is 31.2 Å². The number of H-pyrrole nitrogens is 1. The number of aromatic amines is 1. The highest BCUT2D eigenvalue weighted by Crippen LogP contribution is 2.26. The van der Waals surface area contributed by atoms with Gasteiger partial charge in [0.15, 0.2) is 5.82 Å². The van der Waals surface area contributed by atoms with Gasteiger partial charge in [0.25, 0.3) is 0 Å². The van der Waals surface area contributed by atoms with Crippen LogP contribution in [-0.4, -0.2) is 26.3 Å². The average Bonchev–Trinajstić information content (AvgIpc) is 3.21. The Balaban J connectivity index is 1.66. The second kappa shape index (κ2) is 7.19. The maximum absolute atomic E-state index is 12.5. The third-order valence-electron chi connectivity index (χ3n) is 3.60. The Morgan fingerprint density at radius 2 is 2.00 bits per heavy atom. The average molecular weight is 358 g/mol. The van der Waals surface area contributed by atoms with Crippen LogP contribution in [0, 0.1) is 13.8 Å². The van der Waals surface area contributed by atoms with Gasteiger partial charge >= 0.3 is 0 Å². The lowest BCUT2D eigenvalue weighted by Gasteiger charge is -2.14. The number of aryl methyl sites for hydroxylation is 2. The van der Waals surface area contributed by atoms with Gasteiger partial charge in [-0.1, -0.05) is 36.0 Å². The van der Waals surface area contributed by atoms with Crippen LogP contribution >= 0.6 is 23.1 Å². The Labute approximate surface area is 148 Å². The number of aromatic nitrogens is 3. The van der Waals surface area contributed by atoms with Gasteiger partial charge in [-0.3, -0.25) is 9.89 Å². The van der Waals surface area contributed by atoms with Crippen LogP contribution in [0.3, 0.4) is 0 Å². The smallest absolute Gasteiger partial charge is 0.237 e. The summed E-state index contributed by atoms with van der Waals surface area (Å²) >= 11 is 2.94. The summed E-state index contributed by atoms with van der Waals surface area (Å²) in [5.74, 6) is 0.676. The minimum Gasteiger partial charge on any atom is -0.325 e.